The van der Waals surface area contributed by atoms with Crippen LogP contribution in [0.4, 0.5) is 0 Å². The summed E-state index contributed by atoms with van der Waals surface area (Å²) in [5.41, 5.74) is 2.89. The fourth-order valence-electron chi connectivity index (χ4n) is 4.00. The first-order valence-corrected chi connectivity index (χ1v) is 12.7. The number of aromatic amines is 1. The van der Waals surface area contributed by atoms with Gasteiger partial charge in [-0.25, -0.2) is 9.97 Å². The number of hydrogen-bond acceptors (Lipinski definition) is 8. The number of H-pyrrole nitrogens is 1. The van der Waals surface area contributed by atoms with E-state index in [2.05, 4.69) is 20.2 Å². The Bertz CT molecular complexity index is 1790. The van der Waals surface area contributed by atoms with E-state index in [1.54, 1.807) is 23.8 Å². The van der Waals surface area contributed by atoms with Crippen LogP contribution >= 0.6 is 23.4 Å². The van der Waals surface area contributed by atoms with Crippen LogP contribution < -0.4 is 10.3 Å². The number of rotatable bonds is 7. The fraction of sp³-hybridized carbons (Fsp3) is 0.115. The number of ether oxygens (including phenoxy) is 1. The average Bonchev–Trinajstić information content (AvgIpc) is 3.55. The number of methoxy groups -OCH3 is 1. The molecule has 0 saturated heterocycles. The van der Waals surface area contributed by atoms with E-state index in [0.717, 1.165) is 22.4 Å². The molecule has 3 aromatic heterocycles. The Hall–Kier alpha value is -4.15. The van der Waals surface area contributed by atoms with Crippen LogP contribution in [0, 0.1) is 0 Å². The summed E-state index contributed by atoms with van der Waals surface area (Å²) < 4.78 is 12.7. The Kier molecular flexibility index (Phi) is 6.11. The molecule has 0 aliphatic heterocycles. The Morgan fingerprint density at radius 2 is 1.86 bits per heavy atom. The maximum atomic E-state index is 13.5. The summed E-state index contributed by atoms with van der Waals surface area (Å²) in [4.78, 5) is 26.0. The van der Waals surface area contributed by atoms with Crippen LogP contribution in [0.3, 0.4) is 0 Å². The zero-order valence-corrected chi connectivity index (χ0v) is 21.1. The molecule has 0 radical (unpaired) electrons. The molecule has 6 aromatic rings. The molecule has 37 heavy (non-hydrogen) atoms. The first kappa shape index (κ1) is 23.3. The van der Waals surface area contributed by atoms with Crippen molar-refractivity contribution in [2.75, 3.05) is 7.11 Å². The van der Waals surface area contributed by atoms with Crippen LogP contribution in [0.15, 0.2) is 81.2 Å². The summed E-state index contributed by atoms with van der Waals surface area (Å²) in [7, 11) is 1.61. The van der Waals surface area contributed by atoms with Crippen molar-refractivity contribution in [3.63, 3.8) is 0 Å². The molecule has 0 aliphatic carbocycles. The predicted molar refractivity (Wildman–Crippen MR) is 142 cm³/mol. The van der Waals surface area contributed by atoms with E-state index in [1.165, 1.54) is 11.8 Å². The monoisotopic (exact) mass is 530 g/mol. The molecule has 3 heterocycles. The third-order valence-electron chi connectivity index (χ3n) is 5.78. The van der Waals surface area contributed by atoms with E-state index in [9.17, 15) is 4.79 Å². The standard InChI is InChI=1S/C26H19ClN6O3S/c1-35-17-9-6-15(7-10-17)24-30-19-5-3-2-4-18(19)25(34)33(24)13-23-31-32-26(36-23)37-14-22-28-20-11-8-16(27)12-21(20)29-22/h2-12H,13-14H2,1H3,(H,28,29). The van der Waals surface area contributed by atoms with Gasteiger partial charge in [-0.3, -0.25) is 9.36 Å². The van der Waals surface area contributed by atoms with Gasteiger partial charge in [-0.2, -0.15) is 0 Å². The topological polar surface area (TPSA) is 112 Å². The zero-order valence-electron chi connectivity index (χ0n) is 19.5. The van der Waals surface area contributed by atoms with Crippen molar-refractivity contribution < 1.29 is 9.15 Å². The molecule has 0 fully saturated rings. The third kappa shape index (κ3) is 4.68. The lowest BCUT2D eigenvalue weighted by Crippen LogP contribution is -2.24. The van der Waals surface area contributed by atoms with Crippen LogP contribution in [0.1, 0.15) is 11.7 Å². The van der Waals surface area contributed by atoms with Gasteiger partial charge < -0.3 is 14.1 Å². The van der Waals surface area contributed by atoms with E-state index < -0.39 is 0 Å². The van der Waals surface area contributed by atoms with Gasteiger partial charge in [-0.15, -0.1) is 10.2 Å². The molecule has 0 unspecified atom stereocenters. The largest absolute Gasteiger partial charge is 0.497 e. The molecule has 0 aliphatic rings. The first-order valence-electron chi connectivity index (χ1n) is 11.3. The summed E-state index contributed by atoms with van der Waals surface area (Å²) in [6.07, 6.45) is 0. The average molecular weight is 531 g/mol. The van der Waals surface area contributed by atoms with Crippen molar-refractivity contribution in [1.82, 2.24) is 29.7 Å². The Balaban J connectivity index is 1.28. The second kappa shape index (κ2) is 9.72. The highest BCUT2D eigenvalue weighted by Gasteiger charge is 2.17. The molecule has 6 rings (SSSR count). The number of halogens is 1. The molecule has 1 N–H and O–H groups in total. The van der Waals surface area contributed by atoms with E-state index in [-0.39, 0.29) is 12.1 Å². The van der Waals surface area contributed by atoms with Crippen molar-refractivity contribution in [2.24, 2.45) is 0 Å². The van der Waals surface area contributed by atoms with Gasteiger partial charge in [0.2, 0.25) is 5.89 Å². The summed E-state index contributed by atoms with van der Waals surface area (Å²) in [6.45, 7) is 0.0781. The van der Waals surface area contributed by atoms with Crippen LogP contribution in [-0.4, -0.2) is 36.8 Å². The quantitative estimate of drug-likeness (QED) is 0.276. The van der Waals surface area contributed by atoms with E-state index >= 15 is 0 Å². The molecular weight excluding hydrogens is 512 g/mol. The molecule has 9 nitrogen and oxygen atoms in total. The molecule has 11 heteroatoms. The third-order valence-corrected chi connectivity index (χ3v) is 6.84. The number of benzene rings is 3. The summed E-state index contributed by atoms with van der Waals surface area (Å²) in [5.74, 6) is 2.78. The number of aromatic nitrogens is 6. The second-order valence-electron chi connectivity index (χ2n) is 8.17. The van der Waals surface area contributed by atoms with Crippen molar-refractivity contribution >= 4 is 45.3 Å². The van der Waals surface area contributed by atoms with Gasteiger partial charge in [0.05, 0.1) is 34.8 Å². The molecule has 184 valence electrons. The zero-order chi connectivity index (χ0) is 25.4. The molecule has 0 atom stereocenters. The summed E-state index contributed by atoms with van der Waals surface area (Å²) in [5, 5.41) is 9.84. The maximum absolute atomic E-state index is 13.5. The minimum absolute atomic E-state index is 0.0781. The van der Waals surface area contributed by atoms with Gasteiger partial charge in [-0.1, -0.05) is 35.5 Å². The molecule has 0 saturated carbocycles. The summed E-state index contributed by atoms with van der Waals surface area (Å²) in [6, 6.07) is 20.1. The Morgan fingerprint density at radius 3 is 2.70 bits per heavy atom. The number of nitrogens with one attached hydrogen (secondary N) is 1. The van der Waals surface area contributed by atoms with Crippen LogP contribution in [-0.2, 0) is 12.3 Å². The fourth-order valence-corrected chi connectivity index (χ4v) is 4.83. The lowest BCUT2D eigenvalue weighted by Gasteiger charge is -2.12. The van der Waals surface area contributed by atoms with E-state index in [4.69, 9.17) is 25.7 Å². The molecule has 0 amide bonds. The first-order chi connectivity index (χ1) is 18.1. The second-order valence-corrected chi connectivity index (χ2v) is 9.53. The van der Waals surface area contributed by atoms with Gasteiger partial charge in [-0.05, 0) is 54.6 Å². The number of imidazole rings is 1. The van der Waals surface area contributed by atoms with Crippen LogP contribution in [0.5, 0.6) is 5.75 Å². The minimum atomic E-state index is -0.190. The molecular formula is C26H19ClN6O3S. The lowest BCUT2D eigenvalue weighted by atomic mass is 10.1. The van der Waals surface area contributed by atoms with Crippen molar-refractivity contribution in [2.45, 2.75) is 17.5 Å². The van der Waals surface area contributed by atoms with Crippen LogP contribution in [0.2, 0.25) is 5.02 Å². The van der Waals surface area contributed by atoms with E-state index in [1.807, 2.05) is 54.6 Å². The maximum Gasteiger partial charge on any atom is 0.277 e. The number of thioether (sulfide) groups is 1. The van der Waals surface area contributed by atoms with Gasteiger partial charge in [0.15, 0.2) is 0 Å². The van der Waals surface area contributed by atoms with Gasteiger partial charge >= 0.3 is 0 Å². The SMILES string of the molecule is COc1ccc(-c2nc3ccccc3c(=O)n2Cc2nnc(SCc3nc4ccc(Cl)cc4[nH]3)o2)cc1. The lowest BCUT2D eigenvalue weighted by molar-refractivity contribution is 0.403. The number of nitrogens with zero attached hydrogens (tertiary/aromatic N) is 5. The van der Waals surface area contributed by atoms with Crippen LogP contribution in [0.25, 0.3) is 33.3 Å². The van der Waals surface area contributed by atoms with Crippen molar-refractivity contribution in [3.05, 3.63) is 93.8 Å². The Morgan fingerprint density at radius 1 is 1.03 bits per heavy atom. The van der Waals surface area contributed by atoms with Gasteiger partial charge in [0, 0.05) is 10.6 Å². The van der Waals surface area contributed by atoms with Crippen molar-refractivity contribution in [3.8, 4) is 17.1 Å². The Labute approximate surface area is 219 Å². The van der Waals surface area contributed by atoms with Gasteiger partial charge in [0.1, 0.15) is 23.9 Å². The molecule has 0 bridgehead atoms. The number of fused-ring (bicyclic) bond motifs is 2. The van der Waals surface area contributed by atoms with E-state index in [0.29, 0.717) is 44.4 Å². The summed E-state index contributed by atoms with van der Waals surface area (Å²) >= 11 is 7.41. The highest BCUT2D eigenvalue weighted by atomic mass is 35.5. The predicted octanol–water partition coefficient (Wildman–Crippen LogP) is 5.33. The highest BCUT2D eigenvalue weighted by Crippen LogP contribution is 2.25. The number of hydrogen-bond donors (Lipinski definition) is 1. The minimum Gasteiger partial charge on any atom is -0.497 e. The molecule has 0 spiro atoms. The molecule has 3 aromatic carbocycles. The smallest absolute Gasteiger partial charge is 0.277 e. The highest BCUT2D eigenvalue weighted by molar-refractivity contribution is 7.98. The van der Waals surface area contributed by atoms with Crippen molar-refractivity contribution in [1.29, 1.82) is 0 Å². The normalized spacial score (nSPS) is 11.4. The number of para-hydroxylation sites is 1. The van der Waals surface area contributed by atoms with Gasteiger partial charge in [0.25, 0.3) is 10.8 Å².